The molecule has 4 heteroatoms. The highest BCUT2D eigenvalue weighted by Crippen LogP contribution is 2.32. The summed E-state index contributed by atoms with van der Waals surface area (Å²) in [5, 5.41) is 2.94. The van der Waals surface area contributed by atoms with Gasteiger partial charge in [0.2, 0.25) is 5.91 Å². The van der Waals surface area contributed by atoms with Crippen molar-refractivity contribution in [3.63, 3.8) is 0 Å². The maximum Gasteiger partial charge on any atom is 0.234 e. The van der Waals surface area contributed by atoms with E-state index in [4.69, 9.17) is 0 Å². The second-order valence-electron chi connectivity index (χ2n) is 3.98. The Balaban J connectivity index is 2.02. The predicted molar refractivity (Wildman–Crippen MR) is 57.0 cm³/mol. The van der Waals surface area contributed by atoms with Crippen LogP contribution in [0.2, 0.25) is 0 Å². The van der Waals surface area contributed by atoms with Crippen molar-refractivity contribution in [3.8, 4) is 0 Å². The van der Waals surface area contributed by atoms with E-state index in [1.165, 1.54) is 12.8 Å². The fourth-order valence-electron chi connectivity index (χ4n) is 1.42. The lowest BCUT2D eigenvalue weighted by Crippen LogP contribution is -2.39. The van der Waals surface area contributed by atoms with Crippen molar-refractivity contribution in [1.29, 1.82) is 0 Å². The monoisotopic (exact) mass is 248 g/mol. The summed E-state index contributed by atoms with van der Waals surface area (Å²) in [6, 6.07) is 0. The van der Waals surface area contributed by atoms with Gasteiger partial charge in [0.25, 0.3) is 0 Å². The van der Waals surface area contributed by atoms with Crippen molar-refractivity contribution in [2.24, 2.45) is 5.92 Å². The number of amides is 1. The summed E-state index contributed by atoms with van der Waals surface area (Å²) in [6.45, 7) is 1.33. The molecule has 1 aliphatic carbocycles. The second kappa shape index (κ2) is 4.96. The van der Waals surface area contributed by atoms with Gasteiger partial charge in [0.15, 0.2) is 0 Å². The van der Waals surface area contributed by atoms with E-state index in [1.807, 2.05) is 19.0 Å². The molecule has 0 aromatic heterocycles. The first-order chi connectivity index (χ1) is 6.08. The summed E-state index contributed by atoms with van der Waals surface area (Å²) in [5.41, 5.74) is 0. The Morgan fingerprint density at radius 2 is 2.15 bits per heavy atom. The van der Waals surface area contributed by atoms with E-state index in [0.717, 1.165) is 6.54 Å². The molecule has 0 saturated heterocycles. The van der Waals surface area contributed by atoms with Gasteiger partial charge in [-0.05, 0) is 32.9 Å². The number of carbonyl (C=O) groups is 1. The van der Waals surface area contributed by atoms with E-state index in [1.54, 1.807) is 0 Å². The standard InChI is InChI=1S/C9H17BrN2O/c1-12(2)6-9(13)11-5-7-3-8(10)4-7/h7-8H,3-6H2,1-2H3,(H,11,13). The molecule has 1 N–H and O–H groups in total. The zero-order chi connectivity index (χ0) is 9.84. The first kappa shape index (κ1) is 11.0. The molecule has 1 rings (SSSR count). The highest BCUT2D eigenvalue weighted by molar-refractivity contribution is 9.09. The number of rotatable bonds is 4. The van der Waals surface area contributed by atoms with Crippen LogP contribution in [0.1, 0.15) is 12.8 Å². The van der Waals surface area contributed by atoms with Gasteiger partial charge in [-0.3, -0.25) is 4.79 Å². The Hall–Kier alpha value is -0.0900. The summed E-state index contributed by atoms with van der Waals surface area (Å²) >= 11 is 3.53. The van der Waals surface area contributed by atoms with Crippen molar-refractivity contribution in [1.82, 2.24) is 10.2 Å². The summed E-state index contributed by atoms with van der Waals surface area (Å²) in [6.07, 6.45) is 2.39. The predicted octanol–water partition coefficient (Wildman–Crippen LogP) is 0.838. The van der Waals surface area contributed by atoms with Gasteiger partial charge in [-0.25, -0.2) is 0 Å². The Kier molecular flexibility index (Phi) is 4.19. The van der Waals surface area contributed by atoms with E-state index in [9.17, 15) is 4.79 Å². The van der Waals surface area contributed by atoms with Crippen molar-refractivity contribution in [2.75, 3.05) is 27.2 Å². The number of hydrogen-bond donors (Lipinski definition) is 1. The van der Waals surface area contributed by atoms with Crippen LogP contribution >= 0.6 is 15.9 Å². The van der Waals surface area contributed by atoms with Gasteiger partial charge in [-0.1, -0.05) is 15.9 Å². The van der Waals surface area contributed by atoms with Crippen LogP contribution in [0.15, 0.2) is 0 Å². The average Bonchev–Trinajstić information content (AvgIpc) is 1.94. The van der Waals surface area contributed by atoms with E-state index >= 15 is 0 Å². The SMILES string of the molecule is CN(C)CC(=O)NCC1CC(Br)C1. The first-order valence-corrected chi connectivity index (χ1v) is 5.55. The minimum atomic E-state index is 0.128. The molecule has 0 spiro atoms. The number of alkyl halides is 1. The minimum absolute atomic E-state index is 0.128. The van der Waals surface area contributed by atoms with E-state index < -0.39 is 0 Å². The molecule has 0 aromatic rings. The largest absolute Gasteiger partial charge is 0.355 e. The molecule has 3 nitrogen and oxygen atoms in total. The van der Waals surface area contributed by atoms with Crippen LogP contribution in [-0.4, -0.2) is 42.8 Å². The Bertz CT molecular complexity index is 178. The van der Waals surface area contributed by atoms with Crippen LogP contribution in [0.25, 0.3) is 0 Å². The fourth-order valence-corrected chi connectivity index (χ4v) is 2.48. The number of likely N-dealkylation sites (N-methyl/N-ethyl adjacent to an activating group) is 1. The normalized spacial score (nSPS) is 27.1. The lowest BCUT2D eigenvalue weighted by atomic mass is 9.85. The lowest BCUT2D eigenvalue weighted by Gasteiger charge is -2.31. The molecule has 76 valence electrons. The third kappa shape index (κ3) is 4.09. The Morgan fingerprint density at radius 3 is 2.62 bits per heavy atom. The minimum Gasteiger partial charge on any atom is -0.355 e. The zero-order valence-corrected chi connectivity index (χ0v) is 9.80. The summed E-state index contributed by atoms with van der Waals surface area (Å²) in [7, 11) is 3.80. The number of nitrogens with zero attached hydrogens (tertiary/aromatic N) is 1. The van der Waals surface area contributed by atoms with Crippen molar-refractivity contribution < 1.29 is 4.79 Å². The van der Waals surface area contributed by atoms with Crippen molar-refractivity contribution >= 4 is 21.8 Å². The van der Waals surface area contributed by atoms with Gasteiger partial charge >= 0.3 is 0 Å². The molecule has 1 fully saturated rings. The molecule has 0 heterocycles. The quantitative estimate of drug-likeness (QED) is 0.749. The van der Waals surface area contributed by atoms with Crippen molar-refractivity contribution in [2.45, 2.75) is 17.7 Å². The summed E-state index contributed by atoms with van der Waals surface area (Å²) < 4.78 is 0. The van der Waals surface area contributed by atoms with Gasteiger partial charge in [0, 0.05) is 11.4 Å². The van der Waals surface area contributed by atoms with Gasteiger partial charge in [0.05, 0.1) is 6.54 Å². The third-order valence-corrected chi connectivity index (χ3v) is 2.97. The molecule has 0 radical (unpaired) electrons. The molecular formula is C9H17BrN2O. The highest BCUT2D eigenvalue weighted by atomic mass is 79.9. The van der Waals surface area contributed by atoms with Crippen LogP contribution in [0, 0.1) is 5.92 Å². The zero-order valence-electron chi connectivity index (χ0n) is 8.22. The molecule has 0 aromatic carbocycles. The molecular weight excluding hydrogens is 232 g/mol. The van der Waals surface area contributed by atoms with Gasteiger partial charge < -0.3 is 10.2 Å². The number of nitrogens with one attached hydrogen (secondary N) is 1. The van der Waals surface area contributed by atoms with Crippen LogP contribution in [-0.2, 0) is 4.79 Å². The first-order valence-electron chi connectivity index (χ1n) is 4.63. The number of hydrogen-bond acceptors (Lipinski definition) is 2. The van der Waals surface area contributed by atoms with Gasteiger partial charge in [-0.2, -0.15) is 0 Å². The van der Waals surface area contributed by atoms with Crippen LogP contribution in [0.4, 0.5) is 0 Å². The molecule has 1 saturated carbocycles. The maximum atomic E-state index is 11.2. The lowest BCUT2D eigenvalue weighted by molar-refractivity contribution is -0.122. The molecule has 13 heavy (non-hydrogen) atoms. The Labute approximate surface area is 88.0 Å². The van der Waals surface area contributed by atoms with E-state index in [0.29, 0.717) is 17.3 Å². The van der Waals surface area contributed by atoms with E-state index in [2.05, 4.69) is 21.2 Å². The molecule has 0 atom stereocenters. The maximum absolute atomic E-state index is 11.2. The smallest absolute Gasteiger partial charge is 0.234 e. The van der Waals surface area contributed by atoms with E-state index in [-0.39, 0.29) is 5.91 Å². The highest BCUT2D eigenvalue weighted by Gasteiger charge is 2.26. The topological polar surface area (TPSA) is 32.3 Å². The van der Waals surface area contributed by atoms with Gasteiger partial charge in [0.1, 0.15) is 0 Å². The molecule has 1 amide bonds. The molecule has 0 unspecified atom stereocenters. The average molecular weight is 249 g/mol. The number of halogens is 1. The van der Waals surface area contributed by atoms with Crippen molar-refractivity contribution in [3.05, 3.63) is 0 Å². The van der Waals surface area contributed by atoms with Crippen LogP contribution in [0.3, 0.4) is 0 Å². The Morgan fingerprint density at radius 1 is 1.54 bits per heavy atom. The summed E-state index contributed by atoms with van der Waals surface area (Å²) in [5.74, 6) is 0.818. The summed E-state index contributed by atoms with van der Waals surface area (Å²) in [4.78, 5) is 13.8. The number of carbonyl (C=O) groups excluding carboxylic acids is 1. The molecule has 1 aliphatic rings. The van der Waals surface area contributed by atoms with Gasteiger partial charge in [-0.15, -0.1) is 0 Å². The van der Waals surface area contributed by atoms with Crippen LogP contribution < -0.4 is 5.32 Å². The molecule has 0 bridgehead atoms. The van der Waals surface area contributed by atoms with Crippen LogP contribution in [0.5, 0.6) is 0 Å². The fraction of sp³-hybridized carbons (Fsp3) is 0.889. The molecule has 0 aliphatic heterocycles. The third-order valence-electron chi connectivity index (χ3n) is 2.23. The second-order valence-corrected chi connectivity index (χ2v) is 5.27.